The quantitative estimate of drug-likeness (QED) is 0.724. The molecule has 0 fully saturated rings. The predicted octanol–water partition coefficient (Wildman–Crippen LogP) is -0.259. The van der Waals surface area contributed by atoms with Crippen LogP contribution in [-0.2, 0) is 21.4 Å². The zero-order chi connectivity index (χ0) is 14.3. The van der Waals surface area contributed by atoms with E-state index in [2.05, 4.69) is 10.0 Å². The van der Waals surface area contributed by atoms with Crippen LogP contribution in [0.25, 0.3) is 0 Å². The Kier molecular flexibility index (Phi) is 5.94. The molecule has 0 aliphatic rings. The molecule has 1 aromatic rings. The lowest BCUT2D eigenvalue weighted by Gasteiger charge is -2.12. The summed E-state index contributed by atoms with van der Waals surface area (Å²) < 4.78 is 25.9. The van der Waals surface area contributed by atoms with Gasteiger partial charge in [-0.25, -0.2) is 0 Å². The Labute approximate surface area is 114 Å². The van der Waals surface area contributed by atoms with Gasteiger partial charge in [-0.3, -0.25) is 4.79 Å². The summed E-state index contributed by atoms with van der Waals surface area (Å²) in [7, 11) is -0.751. The van der Waals surface area contributed by atoms with Crippen molar-refractivity contribution in [3.8, 4) is 0 Å². The topological polar surface area (TPSA) is 78.5 Å². The highest BCUT2D eigenvalue weighted by Crippen LogP contribution is 1.97. The van der Waals surface area contributed by atoms with Crippen LogP contribution in [0.1, 0.15) is 5.56 Å². The zero-order valence-electron chi connectivity index (χ0n) is 11.1. The number of carbonyl (C=O) groups excluding carboxylic acids is 1. The van der Waals surface area contributed by atoms with Gasteiger partial charge in [-0.2, -0.15) is 17.4 Å². The molecule has 106 valence electrons. The van der Waals surface area contributed by atoms with E-state index >= 15 is 0 Å². The first-order valence-electron chi connectivity index (χ1n) is 5.89. The Balaban J connectivity index is 2.26. The maximum atomic E-state index is 11.4. The van der Waals surface area contributed by atoms with Crippen LogP contribution < -0.4 is 10.0 Å². The number of carbonyl (C=O) groups is 1. The first-order chi connectivity index (χ1) is 8.92. The number of hydrogen-bond donors (Lipinski definition) is 2. The summed E-state index contributed by atoms with van der Waals surface area (Å²) >= 11 is 0. The molecule has 7 heteroatoms. The van der Waals surface area contributed by atoms with Crippen molar-refractivity contribution >= 4 is 16.1 Å². The van der Waals surface area contributed by atoms with Gasteiger partial charge in [-0.05, 0) is 12.0 Å². The molecular formula is C12H19N3O3S. The van der Waals surface area contributed by atoms with Gasteiger partial charge in [0.05, 0.1) is 6.54 Å². The number of amides is 1. The lowest BCUT2D eigenvalue weighted by Crippen LogP contribution is -2.42. The van der Waals surface area contributed by atoms with Crippen LogP contribution in [0.3, 0.4) is 0 Å². The molecule has 1 aromatic carbocycles. The Morgan fingerprint density at radius 1 is 1.21 bits per heavy atom. The Bertz CT molecular complexity index is 500. The number of nitrogens with one attached hydrogen (secondary N) is 2. The van der Waals surface area contributed by atoms with Gasteiger partial charge < -0.3 is 5.32 Å². The first-order valence-corrected chi connectivity index (χ1v) is 7.33. The van der Waals surface area contributed by atoms with E-state index in [-0.39, 0.29) is 12.5 Å². The number of nitrogens with zero attached hydrogens (tertiary/aromatic N) is 1. The van der Waals surface area contributed by atoms with Gasteiger partial charge in [-0.1, -0.05) is 30.3 Å². The largest absolute Gasteiger partial charge is 0.355 e. The van der Waals surface area contributed by atoms with Crippen molar-refractivity contribution in [3.63, 3.8) is 0 Å². The monoisotopic (exact) mass is 285 g/mol. The van der Waals surface area contributed by atoms with Crippen LogP contribution in [0.15, 0.2) is 30.3 Å². The van der Waals surface area contributed by atoms with Gasteiger partial charge in [-0.15, -0.1) is 0 Å². The van der Waals surface area contributed by atoms with Crippen molar-refractivity contribution < 1.29 is 13.2 Å². The van der Waals surface area contributed by atoms with E-state index in [9.17, 15) is 13.2 Å². The van der Waals surface area contributed by atoms with Crippen molar-refractivity contribution in [1.29, 1.82) is 0 Å². The molecule has 0 aliphatic heterocycles. The van der Waals surface area contributed by atoms with Gasteiger partial charge in [0.25, 0.3) is 10.2 Å². The summed E-state index contributed by atoms with van der Waals surface area (Å²) in [6.45, 7) is 0.224. The highest BCUT2D eigenvalue weighted by Gasteiger charge is 2.13. The molecule has 0 aromatic heterocycles. The fourth-order valence-electron chi connectivity index (χ4n) is 1.34. The summed E-state index contributed by atoms with van der Waals surface area (Å²) in [5.41, 5.74) is 1.12. The molecule has 2 N–H and O–H groups in total. The molecule has 0 heterocycles. The molecule has 0 bridgehead atoms. The highest BCUT2D eigenvalue weighted by atomic mass is 32.2. The fourth-order valence-corrected chi connectivity index (χ4v) is 1.91. The Hall–Kier alpha value is -1.44. The number of rotatable bonds is 7. The molecule has 0 atom stereocenters. The van der Waals surface area contributed by atoms with Crippen LogP contribution in [0.2, 0.25) is 0 Å². The molecule has 0 unspecified atom stereocenters. The Morgan fingerprint density at radius 3 is 2.42 bits per heavy atom. The number of benzene rings is 1. The van der Waals surface area contributed by atoms with Gasteiger partial charge in [0.15, 0.2) is 0 Å². The average molecular weight is 285 g/mol. The third kappa shape index (κ3) is 5.82. The van der Waals surface area contributed by atoms with E-state index < -0.39 is 10.2 Å². The summed E-state index contributed by atoms with van der Waals surface area (Å²) in [4.78, 5) is 11.4. The minimum atomic E-state index is -3.55. The molecule has 0 radical (unpaired) electrons. The summed E-state index contributed by atoms with van der Waals surface area (Å²) in [5.74, 6) is -0.346. The lowest BCUT2D eigenvalue weighted by atomic mass is 10.1. The summed E-state index contributed by atoms with van der Waals surface area (Å²) in [6, 6.07) is 9.74. The standard InChI is InChI=1S/C12H19N3O3S/c1-15(2)19(17,18)14-10-12(16)13-9-8-11-6-4-3-5-7-11/h3-7,14H,8-10H2,1-2H3,(H,13,16). The second-order valence-corrected chi connectivity index (χ2v) is 6.16. The molecule has 1 rings (SSSR count). The van der Waals surface area contributed by atoms with E-state index in [0.717, 1.165) is 9.87 Å². The van der Waals surface area contributed by atoms with Crippen molar-refractivity contribution in [2.24, 2.45) is 0 Å². The van der Waals surface area contributed by atoms with Gasteiger partial charge in [0, 0.05) is 20.6 Å². The SMILES string of the molecule is CN(C)S(=O)(=O)NCC(=O)NCCc1ccccc1. The van der Waals surface area contributed by atoms with Gasteiger partial charge in [0.2, 0.25) is 5.91 Å². The Morgan fingerprint density at radius 2 is 1.84 bits per heavy atom. The summed E-state index contributed by atoms with van der Waals surface area (Å²) in [6.07, 6.45) is 0.715. The van der Waals surface area contributed by atoms with Crippen molar-refractivity contribution in [2.45, 2.75) is 6.42 Å². The predicted molar refractivity (Wildman–Crippen MR) is 73.8 cm³/mol. The van der Waals surface area contributed by atoms with Crippen molar-refractivity contribution in [2.75, 3.05) is 27.2 Å². The molecule has 0 spiro atoms. The molecule has 6 nitrogen and oxygen atoms in total. The molecule has 0 saturated carbocycles. The van der Waals surface area contributed by atoms with E-state index in [1.54, 1.807) is 0 Å². The van der Waals surface area contributed by atoms with Crippen molar-refractivity contribution in [1.82, 2.24) is 14.3 Å². The maximum absolute atomic E-state index is 11.4. The molecular weight excluding hydrogens is 266 g/mol. The minimum absolute atomic E-state index is 0.255. The van der Waals surface area contributed by atoms with Crippen LogP contribution >= 0.6 is 0 Å². The second kappa shape index (κ2) is 7.22. The first kappa shape index (κ1) is 15.6. The third-order valence-electron chi connectivity index (χ3n) is 2.47. The van der Waals surface area contributed by atoms with E-state index in [1.807, 2.05) is 30.3 Å². The normalized spacial score (nSPS) is 11.5. The molecule has 0 saturated heterocycles. The van der Waals surface area contributed by atoms with Crippen LogP contribution in [0.5, 0.6) is 0 Å². The summed E-state index contributed by atoms with van der Waals surface area (Å²) in [5, 5.41) is 2.66. The van der Waals surface area contributed by atoms with Crippen LogP contribution in [-0.4, -0.2) is 45.8 Å². The average Bonchev–Trinajstić information content (AvgIpc) is 2.37. The molecule has 19 heavy (non-hydrogen) atoms. The highest BCUT2D eigenvalue weighted by molar-refractivity contribution is 7.87. The fraction of sp³-hybridized carbons (Fsp3) is 0.417. The van der Waals surface area contributed by atoms with Crippen molar-refractivity contribution in [3.05, 3.63) is 35.9 Å². The van der Waals surface area contributed by atoms with E-state index in [0.29, 0.717) is 13.0 Å². The zero-order valence-corrected chi connectivity index (χ0v) is 11.9. The third-order valence-corrected chi connectivity index (χ3v) is 3.95. The van der Waals surface area contributed by atoms with E-state index in [4.69, 9.17) is 0 Å². The van der Waals surface area contributed by atoms with Gasteiger partial charge in [0.1, 0.15) is 0 Å². The molecule has 1 amide bonds. The smallest absolute Gasteiger partial charge is 0.279 e. The van der Waals surface area contributed by atoms with Crippen LogP contribution in [0, 0.1) is 0 Å². The van der Waals surface area contributed by atoms with Crippen LogP contribution in [0.4, 0.5) is 0 Å². The lowest BCUT2D eigenvalue weighted by molar-refractivity contribution is -0.119. The molecule has 0 aliphatic carbocycles. The second-order valence-electron chi connectivity index (χ2n) is 4.19. The van der Waals surface area contributed by atoms with Gasteiger partial charge >= 0.3 is 0 Å². The number of hydrogen-bond acceptors (Lipinski definition) is 3. The maximum Gasteiger partial charge on any atom is 0.279 e. The minimum Gasteiger partial charge on any atom is -0.355 e. The van der Waals surface area contributed by atoms with E-state index in [1.165, 1.54) is 14.1 Å².